The largest absolute Gasteiger partial charge is 0.388 e. The van der Waals surface area contributed by atoms with Gasteiger partial charge in [0.2, 0.25) is 0 Å². The molecule has 0 aromatic carbocycles. The fourth-order valence-corrected chi connectivity index (χ4v) is 2.71. The molecule has 1 aliphatic carbocycles. The zero-order chi connectivity index (χ0) is 15.3. The van der Waals surface area contributed by atoms with Crippen LogP contribution in [0.5, 0.6) is 0 Å². The fourth-order valence-electron chi connectivity index (χ4n) is 2.71. The van der Waals surface area contributed by atoms with Gasteiger partial charge in [0.15, 0.2) is 0 Å². The molecule has 118 valence electrons. The molecule has 1 fully saturated rings. The molecule has 0 radical (unpaired) electrons. The molecule has 2 rings (SSSR count). The molecular weight excluding hydrogens is 262 g/mol. The van der Waals surface area contributed by atoms with Gasteiger partial charge in [-0.05, 0) is 49.7 Å². The second kappa shape index (κ2) is 6.65. The molecular formula is C17H29N3O. The fraction of sp³-hybridized carbons (Fsp3) is 0.706. The van der Waals surface area contributed by atoms with Crippen molar-refractivity contribution in [1.29, 1.82) is 0 Å². The van der Waals surface area contributed by atoms with Crippen LogP contribution in [-0.4, -0.2) is 28.8 Å². The lowest BCUT2D eigenvalue weighted by atomic mass is 9.71. The predicted molar refractivity (Wildman–Crippen MR) is 88.7 cm³/mol. The summed E-state index contributed by atoms with van der Waals surface area (Å²) in [5.41, 5.74) is -0.224. The molecule has 4 heteroatoms. The number of anilines is 2. The van der Waals surface area contributed by atoms with E-state index in [-0.39, 0.29) is 0 Å². The molecule has 1 heterocycles. The normalized spacial score (nSPS) is 20.0. The molecule has 3 N–H and O–H groups in total. The van der Waals surface area contributed by atoms with Crippen LogP contribution in [0.3, 0.4) is 0 Å². The van der Waals surface area contributed by atoms with E-state index in [4.69, 9.17) is 0 Å². The van der Waals surface area contributed by atoms with E-state index in [9.17, 15) is 5.11 Å². The summed E-state index contributed by atoms with van der Waals surface area (Å²) < 4.78 is 0. The highest BCUT2D eigenvalue weighted by Gasteiger charge is 2.36. The maximum atomic E-state index is 10.7. The minimum atomic E-state index is -0.593. The van der Waals surface area contributed by atoms with Gasteiger partial charge in [-0.15, -0.1) is 0 Å². The highest BCUT2D eigenvalue weighted by Crippen LogP contribution is 2.40. The SMILES string of the molecule is CCCNc1cccc(NCC2(O)CCC(C)(C)CC2)n1. The number of aromatic nitrogens is 1. The number of rotatable bonds is 6. The Labute approximate surface area is 128 Å². The second-order valence-electron chi connectivity index (χ2n) is 7.08. The molecule has 0 saturated heterocycles. The van der Waals surface area contributed by atoms with E-state index in [0.717, 1.165) is 50.3 Å². The Morgan fingerprint density at radius 2 is 1.71 bits per heavy atom. The summed E-state index contributed by atoms with van der Waals surface area (Å²) in [6, 6.07) is 5.91. The van der Waals surface area contributed by atoms with Gasteiger partial charge in [0, 0.05) is 13.1 Å². The van der Waals surface area contributed by atoms with Crippen LogP contribution in [0.15, 0.2) is 18.2 Å². The van der Waals surface area contributed by atoms with Crippen molar-refractivity contribution in [1.82, 2.24) is 4.98 Å². The maximum Gasteiger partial charge on any atom is 0.128 e. The van der Waals surface area contributed by atoms with Gasteiger partial charge in [-0.3, -0.25) is 0 Å². The standard InChI is InChI=1S/C17H29N3O/c1-4-12-18-14-6-5-7-15(20-14)19-13-17(21)10-8-16(2,3)9-11-17/h5-7,21H,4,8-13H2,1-3H3,(H2,18,19,20). The van der Waals surface area contributed by atoms with Gasteiger partial charge in [0.25, 0.3) is 0 Å². The van der Waals surface area contributed by atoms with Crippen molar-refractivity contribution in [2.45, 2.75) is 58.5 Å². The van der Waals surface area contributed by atoms with E-state index in [0.29, 0.717) is 12.0 Å². The first kappa shape index (κ1) is 16.1. The maximum absolute atomic E-state index is 10.7. The quantitative estimate of drug-likeness (QED) is 0.749. The van der Waals surface area contributed by atoms with Crippen LogP contribution in [0.1, 0.15) is 52.9 Å². The van der Waals surface area contributed by atoms with Crippen molar-refractivity contribution in [3.8, 4) is 0 Å². The third-order valence-electron chi connectivity index (χ3n) is 4.44. The summed E-state index contributed by atoms with van der Waals surface area (Å²) in [5.74, 6) is 1.72. The number of nitrogens with one attached hydrogen (secondary N) is 2. The van der Waals surface area contributed by atoms with Crippen molar-refractivity contribution >= 4 is 11.6 Å². The Hall–Kier alpha value is -1.29. The Balaban J connectivity index is 1.88. The van der Waals surface area contributed by atoms with Gasteiger partial charge in [-0.1, -0.05) is 26.8 Å². The highest BCUT2D eigenvalue weighted by molar-refractivity contribution is 5.45. The van der Waals surface area contributed by atoms with Gasteiger partial charge < -0.3 is 15.7 Å². The summed E-state index contributed by atoms with van der Waals surface area (Å²) in [6.07, 6.45) is 4.96. The molecule has 1 saturated carbocycles. The van der Waals surface area contributed by atoms with E-state index in [1.54, 1.807) is 0 Å². The van der Waals surface area contributed by atoms with Crippen LogP contribution >= 0.6 is 0 Å². The summed E-state index contributed by atoms with van der Waals surface area (Å²) in [7, 11) is 0. The molecule has 0 amide bonds. The first-order valence-electron chi connectivity index (χ1n) is 8.10. The van der Waals surface area contributed by atoms with Crippen LogP contribution in [0, 0.1) is 5.41 Å². The average Bonchev–Trinajstić information content (AvgIpc) is 2.47. The number of hydrogen-bond donors (Lipinski definition) is 3. The molecule has 21 heavy (non-hydrogen) atoms. The van der Waals surface area contributed by atoms with Crippen LogP contribution < -0.4 is 10.6 Å². The van der Waals surface area contributed by atoms with Gasteiger partial charge in [-0.25, -0.2) is 4.98 Å². The molecule has 0 atom stereocenters. The predicted octanol–water partition coefficient (Wildman–Crippen LogP) is 3.65. The van der Waals surface area contributed by atoms with Crippen molar-refractivity contribution in [2.75, 3.05) is 23.7 Å². The smallest absolute Gasteiger partial charge is 0.128 e. The van der Waals surface area contributed by atoms with Gasteiger partial charge >= 0.3 is 0 Å². The van der Waals surface area contributed by atoms with E-state index in [1.165, 1.54) is 0 Å². The van der Waals surface area contributed by atoms with Gasteiger partial charge in [-0.2, -0.15) is 0 Å². The lowest BCUT2D eigenvalue weighted by Crippen LogP contribution is -2.42. The lowest BCUT2D eigenvalue weighted by Gasteiger charge is -2.40. The topological polar surface area (TPSA) is 57.2 Å². The zero-order valence-electron chi connectivity index (χ0n) is 13.6. The molecule has 0 aliphatic heterocycles. The van der Waals surface area contributed by atoms with Gasteiger partial charge in [0.05, 0.1) is 5.60 Å². The summed E-state index contributed by atoms with van der Waals surface area (Å²) >= 11 is 0. The molecule has 0 unspecified atom stereocenters. The first-order chi connectivity index (χ1) is 9.92. The summed E-state index contributed by atoms with van der Waals surface area (Å²) in [5, 5.41) is 17.2. The Morgan fingerprint density at radius 1 is 1.10 bits per heavy atom. The van der Waals surface area contributed by atoms with E-state index in [1.807, 2.05) is 18.2 Å². The third kappa shape index (κ3) is 4.88. The zero-order valence-corrected chi connectivity index (χ0v) is 13.6. The molecule has 1 aliphatic rings. The molecule has 0 spiro atoms. The Kier molecular flexibility index (Phi) is 5.09. The molecule has 4 nitrogen and oxygen atoms in total. The Bertz CT molecular complexity index is 449. The minimum absolute atomic E-state index is 0.370. The van der Waals surface area contributed by atoms with E-state index >= 15 is 0 Å². The minimum Gasteiger partial charge on any atom is -0.388 e. The van der Waals surface area contributed by atoms with Crippen molar-refractivity contribution in [3.63, 3.8) is 0 Å². The van der Waals surface area contributed by atoms with Crippen molar-refractivity contribution in [2.24, 2.45) is 5.41 Å². The van der Waals surface area contributed by atoms with Crippen molar-refractivity contribution < 1.29 is 5.11 Å². The van der Waals surface area contributed by atoms with E-state index < -0.39 is 5.60 Å². The van der Waals surface area contributed by atoms with Gasteiger partial charge in [0.1, 0.15) is 11.6 Å². The average molecular weight is 291 g/mol. The summed E-state index contributed by atoms with van der Waals surface area (Å²) in [4.78, 5) is 4.52. The van der Waals surface area contributed by atoms with Crippen LogP contribution in [0.25, 0.3) is 0 Å². The van der Waals surface area contributed by atoms with Crippen LogP contribution in [-0.2, 0) is 0 Å². The van der Waals surface area contributed by atoms with E-state index in [2.05, 4.69) is 36.4 Å². The summed E-state index contributed by atoms with van der Waals surface area (Å²) in [6.45, 7) is 8.20. The molecule has 0 bridgehead atoms. The van der Waals surface area contributed by atoms with Crippen LogP contribution in [0.4, 0.5) is 11.6 Å². The number of nitrogens with zero attached hydrogens (tertiary/aromatic N) is 1. The second-order valence-corrected chi connectivity index (χ2v) is 7.08. The van der Waals surface area contributed by atoms with Crippen molar-refractivity contribution in [3.05, 3.63) is 18.2 Å². The first-order valence-corrected chi connectivity index (χ1v) is 8.10. The Morgan fingerprint density at radius 3 is 2.33 bits per heavy atom. The molecule has 1 aromatic rings. The molecule has 1 aromatic heterocycles. The number of aliphatic hydroxyl groups is 1. The lowest BCUT2D eigenvalue weighted by molar-refractivity contribution is -0.0145. The van der Waals surface area contributed by atoms with Crippen LogP contribution in [0.2, 0.25) is 0 Å². The monoisotopic (exact) mass is 291 g/mol. The number of hydrogen-bond acceptors (Lipinski definition) is 4. The highest BCUT2D eigenvalue weighted by atomic mass is 16.3. The third-order valence-corrected chi connectivity index (χ3v) is 4.44. The number of pyridine rings is 1.